The van der Waals surface area contributed by atoms with E-state index in [1.165, 1.54) is 0 Å². The highest BCUT2D eigenvalue weighted by Gasteiger charge is 2.39. The predicted molar refractivity (Wildman–Crippen MR) is 115 cm³/mol. The van der Waals surface area contributed by atoms with Gasteiger partial charge in [0.05, 0.1) is 11.2 Å². The molecule has 0 aliphatic heterocycles. The second-order valence-electron chi connectivity index (χ2n) is 7.54. The molecule has 2 aromatic rings. The number of rotatable bonds is 7. The van der Waals surface area contributed by atoms with Crippen molar-refractivity contribution in [1.82, 2.24) is 14.6 Å². The first-order valence-corrected chi connectivity index (χ1v) is 9.78. The number of hydrogen-bond donors (Lipinski definition) is 1. The number of aliphatic imine (C=N–C) groups is 1. The molecule has 1 aliphatic rings. The van der Waals surface area contributed by atoms with E-state index in [1.54, 1.807) is 10.7 Å². The molecule has 154 valence electrons. The van der Waals surface area contributed by atoms with Crippen LogP contribution in [0.4, 0.5) is 14.7 Å². The topological polar surface area (TPSA) is 54.6 Å². The fourth-order valence-corrected chi connectivity index (χ4v) is 3.51. The molecule has 0 aromatic carbocycles. The number of aromatic nitrogens is 3. The number of allylic oxidation sites excluding steroid dienone is 4. The van der Waals surface area contributed by atoms with Crippen LogP contribution in [-0.4, -0.2) is 32.3 Å². The Balaban J connectivity index is 1.82. The number of nitrogens with one attached hydrogen (secondary N) is 1. The van der Waals surface area contributed by atoms with Gasteiger partial charge in [-0.05, 0) is 45.3 Å². The zero-order valence-corrected chi connectivity index (χ0v) is 17.1. The first kappa shape index (κ1) is 20.9. The van der Waals surface area contributed by atoms with Crippen LogP contribution in [0.15, 0.2) is 48.3 Å². The standard InChI is InChI=1S/C22H27F2N5/c1-5-17(8-6-7-12-25-15(2)3)19-10-13-29-20(19)16(4)26-21(28-29)27-18-9-11-22(23,24)14-18/h5,7-8,10,12-13,18H,1,6,9,11,14H2,2-4H3,(H,27,28)/b12-7-,17-8+/t18-/m1/s1. The molecule has 1 fully saturated rings. The molecule has 1 saturated carbocycles. The first-order valence-electron chi connectivity index (χ1n) is 9.78. The van der Waals surface area contributed by atoms with Crippen LogP contribution in [-0.2, 0) is 0 Å². The maximum atomic E-state index is 13.4. The van der Waals surface area contributed by atoms with Crippen molar-refractivity contribution in [1.29, 1.82) is 0 Å². The molecule has 3 rings (SSSR count). The number of fused-ring (bicyclic) bond motifs is 1. The van der Waals surface area contributed by atoms with E-state index in [1.807, 2.05) is 45.2 Å². The highest BCUT2D eigenvalue weighted by Crippen LogP contribution is 2.36. The number of anilines is 1. The Hall–Kier alpha value is -2.83. The van der Waals surface area contributed by atoms with Gasteiger partial charge in [-0.1, -0.05) is 24.8 Å². The van der Waals surface area contributed by atoms with Gasteiger partial charge in [-0.15, -0.1) is 5.10 Å². The van der Waals surface area contributed by atoms with Gasteiger partial charge in [0.15, 0.2) is 0 Å². The third-order valence-corrected chi connectivity index (χ3v) is 4.87. The highest BCUT2D eigenvalue weighted by atomic mass is 19.3. The summed E-state index contributed by atoms with van der Waals surface area (Å²) < 4.78 is 28.6. The summed E-state index contributed by atoms with van der Waals surface area (Å²) in [7, 11) is 0. The van der Waals surface area contributed by atoms with E-state index in [0.29, 0.717) is 12.4 Å². The van der Waals surface area contributed by atoms with Crippen LogP contribution < -0.4 is 5.32 Å². The average Bonchev–Trinajstić information content (AvgIpc) is 3.21. The Labute approximate surface area is 169 Å². The lowest BCUT2D eigenvalue weighted by molar-refractivity contribution is 0.00851. The Bertz CT molecular complexity index is 980. The highest BCUT2D eigenvalue weighted by molar-refractivity contribution is 5.85. The zero-order valence-electron chi connectivity index (χ0n) is 17.1. The maximum Gasteiger partial charge on any atom is 0.250 e. The molecular formula is C22H27F2N5. The molecule has 2 heterocycles. The van der Waals surface area contributed by atoms with E-state index < -0.39 is 5.92 Å². The van der Waals surface area contributed by atoms with Crippen LogP contribution in [0.5, 0.6) is 0 Å². The Morgan fingerprint density at radius 2 is 2.24 bits per heavy atom. The molecule has 0 unspecified atom stereocenters. The Morgan fingerprint density at radius 1 is 1.45 bits per heavy atom. The smallest absolute Gasteiger partial charge is 0.250 e. The molecule has 0 radical (unpaired) electrons. The summed E-state index contributed by atoms with van der Waals surface area (Å²) in [5, 5.41) is 7.53. The molecule has 29 heavy (non-hydrogen) atoms. The SMILES string of the molecule is C=C/C(=C\C/C=C\N=C(C)C)c1ccn2nc(N[C@@H]3CCC(F)(F)C3)nc(C)c12. The second-order valence-corrected chi connectivity index (χ2v) is 7.54. The van der Waals surface area contributed by atoms with Crippen molar-refractivity contribution in [2.24, 2.45) is 4.99 Å². The molecule has 0 amide bonds. The lowest BCUT2D eigenvalue weighted by Crippen LogP contribution is -2.21. The van der Waals surface area contributed by atoms with E-state index in [2.05, 4.69) is 33.0 Å². The Kier molecular flexibility index (Phi) is 6.25. The molecule has 1 N–H and O–H groups in total. The van der Waals surface area contributed by atoms with E-state index in [4.69, 9.17) is 0 Å². The molecule has 5 nitrogen and oxygen atoms in total. The van der Waals surface area contributed by atoms with Crippen LogP contribution in [0, 0.1) is 6.92 Å². The monoisotopic (exact) mass is 399 g/mol. The van der Waals surface area contributed by atoms with Crippen LogP contribution in [0.3, 0.4) is 0 Å². The van der Waals surface area contributed by atoms with Crippen molar-refractivity contribution in [3.63, 3.8) is 0 Å². The summed E-state index contributed by atoms with van der Waals surface area (Å²) in [5.74, 6) is -2.23. The molecular weight excluding hydrogens is 372 g/mol. The molecule has 2 aromatic heterocycles. The van der Waals surface area contributed by atoms with Gasteiger partial charge in [0, 0.05) is 42.6 Å². The first-order chi connectivity index (χ1) is 13.8. The van der Waals surface area contributed by atoms with E-state index >= 15 is 0 Å². The fraction of sp³-hybridized carbons (Fsp3) is 0.409. The van der Waals surface area contributed by atoms with E-state index in [-0.39, 0.29) is 18.9 Å². The van der Waals surface area contributed by atoms with Crippen molar-refractivity contribution >= 4 is 22.7 Å². The molecule has 0 spiro atoms. The van der Waals surface area contributed by atoms with Crippen molar-refractivity contribution in [2.45, 2.75) is 58.4 Å². The van der Waals surface area contributed by atoms with Gasteiger partial charge in [-0.25, -0.2) is 18.3 Å². The summed E-state index contributed by atoms with van der Waals surface area (Å²) in [6.45, 7) is 9.73. The minimum absolute atomic E-state index is 0.0926. The number of halogens is 2. The average molecular weight is 399 g/mol. The van der Waals surface area contributed by atoms with Gasteiger partial charge >= 0.3 is 0 Å². The summed E-state index contributed by atoms with van der Waals surface area (Å²) in [5.41, 5.74) is 4.63. The van der Waals surface area contributed by atoms with Crippen LogP contribution in [0.1, 0.15) is 50.8 Å². The third-order valence-electron chi connectivity index (χ3n) is 4.87. The third kappa shape index (κ3) is 5.16. The van der Waals surface area contributed by atoms with Gasteiger partial charge in [0.25, 0.3) is 0 Å². The maximum absolute atomic E-state index is 13.4. The lowest BCUT2D eigenvalue weighted by Gasteiger charge is -2.14. The van der Waals surface area contributed by atoms with Crippen LogP contribution >= 0.6 is 0 Å². The fourth-order valence-electron chi connectivity index (χ4n) is 3.51. The van der Waals surface area contributed by atoms with Gasteiger partial charge < -0.3 is 5.32 Å². The van der Waals surface area contributed by atoms with Gasteiger partial charge in [-0.2, -0.15) is 0 Å². The minimum atomic E-state index is -2.60. The summed E-state index contributed by atoms with van der Waals surface area (Å²) >= 11 is 0. The normalized spacial score (nSPS) is 19.1. The lowest BCUT2D eigenvalue weighted by atomic mass is 10.1. The van der Waals surface area contributed by atoms with E-state index in [0.717, 1.165) is 34.5 Å². The molecule has 1 aliphatic carbocycles. The summed E-state index contributed by atoms with van der Waals surface area (Å²) in [6.07, 6.45) is 10.4. The molecule has 7 heteroatoms. The molecule has 0 bridgehead atoms. The van der Waals surface area contributed by atoms with Crippen LogP contribution in [0.25, 0.3) is 11.1 Å². The van der Waals surface area contributed by atoms with Crippen molar-refractivity contribution < 1.29 is 8.78 Å². The largest absolute Gasteiger partial charge is 0.350 e. The van der Waals surface area contributed by atoms with Gasteiger partial charge in [0.1, 0.15) is 0 Å². The zero-order chi connectivity index (χ0) is 21.0. The molecule has 0 saturated heterocycles. The molecule has 1 atom stereocenters. The quantitative estimate of drug-likeness (QED) is 0.488. The number of hydrogen-bond acceptors (Lipinski definition) is 4. The van der Waals surface area contributed by atoms with Crippen molar-refractivity contribution in [2.75, 3.05) is 5.32 Å². The van der Waals surface area contributed by atoms with Crippen molar-refractivity contribution in [3.05, 3.63) is 54.5 Å². The Morgan fingerprint density at radius 3 is 2.90 bits per heavy atom. The predicted octanol–water partition coefficient (Wildman–Crippen LogP) is 5.59. The number of nitrogens with zero attached hydrogens (tertiary/aromatic N) is 4. The van der Waals surface area contributed by atoms with Crippen molar-refractivity contribution in [3.8, 4) is 0 Å². The second kappa shape index (κ2) is 8.68. The number of alkyl halides is 2. The summed E-state index contributed by atoms with van der Waals surface area (Å²) in [6, 6.07) is 1.66. The van der Waals surface area contributed by atoms with Crippen LogP contribution in [0.2, 0.25) is 0 Å². The number of aryl methyl sites for hydroxylation is 1. The van der Waals surface area contributed by atoms with E-state index in [9.17, 15) is 8.78 Å². The minimum Gasteiger partial charge on any atom is -0.350 e. The van der Waals surface area contributed by atoms with Gasteiger partial charge in [-0.3, -0.25) is 4.99 Å². The summed E-state index contributed by atoms with van der Waals surface area (Å²) in [4.78, 5) is 8.75. The van der Waals surface area contributed by atoms with Gasteiger partial charge in [0.2, 0.25) is 11.9 Å².